The molecule has 1 aliphatic carbocycles. The molecule has 30 heavy (non-hydrogen) atoms. The molecule has 164 valence electrons. The molecule has 0 spiro atoms. The molecule has 1 atom stereocenters. The molecule has 2 aromatic rings. The van der Waals surface area contributed by atoms with Crippen LogP contribution in [0.3, 0.4) is 0 Å². The molecule has 1 aliphatic heterocycles. The molecule has 1 saturated carbocycles. The third kappa shape index (κ3) is 4.38. The zero-order valence-electron chi connectivity index (χ0n) is 18.1. The van der Waals surface area contributed by atoms with Crippen molar-refractivity contribution in [3.8, 4) is 0 Å². The number of thiophene rings is 1. The highest BCUT2D eigenvalue weighted by atomic mass is 32.1. The van der Waals surface area contributed by atoms with Gasteiger partial charge in [-0.05, 0) is 58.9 Å². The van der Waals surface area contributed by atoms with Gasteiger partial charge in [0.1, 0.15) is 11.6 Å². The summed E-state index contributed by atoms with van der Waals surface area (Å²) in [6.07, 6.45) is 5.44. The van der Waals surface area contributed by atoms with Crippen molar-refractivity contribution in [2.75, 3.05) is 13.3 Å². The lowest BCUT2D eigenvalue weighted by atomic mass is 10.2. The first-order chi connectivity index (χ1) is 14.3. The zero-order chi connectivity index (χ0) is 21.5. The Labute approximate surface area is 179 Å². The molecule has 2 aliphatic rings. The Morgan fingerprint density at radius 1 is 1.30 bits per heavy atom. The Morgan fingerprint density at radius 2 is 2.07 bits per heavy atom. The van der Waals surface area contributed by atoms with Gasteiger partial charge in [0.05, 0.1) is 34.7 Å². The number of aromatic nitrogens is 2. The van der Waals surface area contributed by atoms with Crippen molar-refractivity contribution in [1.29, 1.82) is 0 Å². The average molecular weight is 435 g/mol. The van der Waals surface area contributed by atoms with Gasteiger partial charge in [0.15, 0.2) is 0 Å². The largest absolute Gasteiger partial charge is 0.376 e. The summed E-state index contributed by atoms with van der Waals surface area (Å²) in [5.41, 5.74) is 3.10. The first kappa shape index (κ1) is 21.3. The van der Waals surface area contributed by atoms with Crippen LogP contribution in [0.1, 0.15) is 62.9 Å². The van der Waals surface area contributed by atoms with Crippen LogP contribution in [0.4, 0.5) is 0 Å². The van der Waals surface area contributed by atoms with Crippen LogP contribution < -0.4 is 16.7 Å². The van der Waals surface area contributed by atoms with E-state index in [1.165, 1.54) is 15.9 Å². The van der Waals surface area contributed by atoms with Crippen LogP contribution in [0.25, 0.3) is 10.2 Å². The van der Waals surface area contributed by atoms with E-state index < -0.39 is 0 Å². The summed E-state index contributed by atoms with van der Waals surface area (Å²) in [6, 6.07) is 0.0257. The Morgan fingerprint density at radius 3 is 2.70 bits per heavy atom. The summed E-state index contributed by atoms with van der Waals surface area (Å²) in [5, 5.41) is 4.87. The molecule has 0 aromatic carbocycles. The maximum Gasteiger partial charge on any atom is 0.332 e. The van der Waals surface area contributed by atoms with Crippen LogP contribution >= 0.6 is 11.3 Å². The van der Waals surface area contributed by atoms with E-state index in [1.54, 1.807) is 10.8 Å². The van der Waals surface area contributed by atoms with Crippen LogP contribution in [0.5, 0.6) is 0 Å². The van der Waals surface area contributed by atoms with E-state index in [-0.39, 0.29) is 29.0 Å². The van der Waals surface area contributed by atoms with E-state index in [4.69, 9.17) is 9.47 Å². The second-order valence-electron chi connectivity index (χ2n) is 9.02. The highest BCUT2D eigenvalue weighted by molar-refractivity contribution is 7.20. The van der Waals surface area contributed by atoms with Gasteiger partial charge in [0, 0.05) is 12.6 Å². The SMILES string of the molecule is Cc1c(/C=N/NCOC(C)(C)C)sc2c1c(=O)n(C1CC1)c(=O)n2C[C@H]1CCCO1. The van der Waals surface area contributed by atoms with Gasteiger partial charge in [0.2, 0.25) is 0 Å². The predicted octanol–water partition coefficient (Wildman–Crippen LogP) is 2.74. The molecule has 0 unspecified atom stereocenters. The van der Waals surface area contributed by atoms with Crippen molar-refractivity contribution >= 4 is 27.8 Å². The quantitative estimate of drug-likeness (QED) is 0.313. The molecular weight excluding hydrogens is 404 g/mol. The predicted molar refractivity (Wildman–Crippen MR) is 119 cm³/mol. The molecule has 8 nitrogen and oxygen atoms in total. The molecule has 2 aromatic heterocycles. The highest BCUT2D eigenvalue weighted by Gasteiger charge is 2.31. The fourth-order valence-electron chi connectivity index (χ4n) is 3.70. The second-order valence-corrected chi connectivity index (χ2v) is 10.1. The zero-order valence-corrected chi connectivity index (χ0v) is 18.9. The van der Waals surface area contributed by atoms with E-state index >= 15 is 0 Å². The molecular formula is C21H30N4O4S. The van der Waals surface area contributed by atoms with Gasteiger partial charge >= 0.3 is 5.69 Å². The summed E-state index contributed by atoms with van der Waals surface area (Å²) in [4.78, 5) is 28.0. The number of hydrogen-bond donors (Lipinski definition) is 1. The smallest absolute Gasteiger partial charge is 0.332 e. The standard InChI is InChI=1S/C21H30N4O4S/c1-13-16(10-22-23-12-29-21(2,3)4)30-19-17(13)18(26)25(14-7-8-14)20(27)24(19)11-15-6-5-9-28-15/h10,14-15,23H,5-9,11-12H2,1-4H3/b22-10+/t15-/m1/s1. The minimum Gasteiger partial charge on any atom is -0.376 e. The summed E-state index contributed by atoms with van der Waals surface area (Å²) < 4.78 is 14.6. The highest BCUT2D eigenvalue weighted by Crippen LogP contribution is 2.34. The second kappa shape index (κ2) is 8.28. The first-order valence-electron chi connectivity index (χ1n) is 10.6. The number of hydrogen-bond acceptors (Lipinski definition) is 7. The molecule has 9 heteroatoms. The third-order valence-corrected chi connectivity index (χ3v) is 6.69. The maximum atomic E-state index is 13.2. The lowest BCUT2D eigenvalue weighted by Crippen LogP contribution is -2.40. The molecule has 1 saturated heterocycles. The van der Waals surface area contributed by atoms with Crippen molar-refractivity contribution < 1.29 is 9.47 Å². The number of hydrazone groups is 1. The Balaban J connectivity index is 1.70. The van der Waals surface area contributed by atoms with Crippen LogP contribution in [0.2, 0.25) is 0 Å². The topological polar surface area (TPSA) is 86.9 Å². The summed E-state index contributed by atoms with van der Waals surface area (Å²) in [7, 11) is 0. The van der Waals surface area contributed by atoms with E-state index in [2.05, 4.69) is 10.5 Å². The van der Waals surface area contributed by atoms with Crippen LogP contribution in [-0.2, 0) is 16.0 Å². The average Bonchev–Trinajstić information content (AvgIpc) is 3.25. The fraction of sp³-hybridized carbons (Fsp3) is 0.667. The minimum absolute atomic E-state index is 0.0202. The van der Waals surface area contributed by atoms with E-state index in [0.717, 1.165) is 42.7 Å². The van der Waals surface area contributed by atoms with Gasteiger partial charge in [-0.3, -0.25) is 19.4 Å². The normalized spacial score (nSPS) is 19.9. The van der Waals surface area contributed by atoms with Gasteiger partial charge in [-0.25, -0.2) is 4.79 Å². The van der Waals surface area contributed by atoms with Crippen molar-refractivity contribution in [2.45, 2.75) is 77.7 Å². The summed E-state index contributed by atoms with van der Waals surface area (Å²) in [5.74, 6) is 0. The number of ether oxygens (including phenoxy) is 2. The minimum atomic E-state index is -0.248. The number of fused-ring (bicyclic) bond motifs is 1. The van der Waals surface area contributed by atoms with Crippen LogP contribution in [-0.4, -0.2) is 40.4 Å². The van der Waals surface area contributed by atoms with Crippen molar-refractivity contribution in [1.82, 2.24) is 14.6 Å². The maximum absolute atomic E-state index is 13.2. The van der Waals surface area contributed by atoms with Gasteiger partial charge in [0.25, 0.3) is 5.56 Å². The Hall–Kier alpha value is -1.97. The van der Waals surface area contributed by atoms with Gasteiger partial charge in [-0.15, -0.1) is 11.3 Å². The fourth-order valence-corrected chi connectivity index (χ4v) is 4.88. The monoisotopic (exact) mass is 434 g/mol. The van der Waals surface area contributed by atoms with Crippen molar-refractivity contribution in [3.63, 3.8) is 0 Å². The lowest BCUT2D eigenvalue weighted by Gasteiger charge is -2.18. The third-order valence-electron chi connectivity index (χ3n) is 5.44. The van der Waals surface area contributed by atoms with Crippen molar-refractivity contribution in [2.24, 2.45) is 5.10 Å². The summed E-state index contributed by atoms with van der Waals surface area (Å²) in [6.45, 7) is 9.37. The number of rotatable bonds is 7. The first-order valence-corrected chi connectivity index (χ1v) is 11.4. The Bertz CT molecular complexity index is 1070. The molecule has 1 N–H and O–H groups in total. The molecule has 0 bridgehead atoms. The van der Waals surface area contributed by atoms with E-state index in [1.807, 2.05) is 27.7 Å². The molecule has 3 heterocycles. The molecule has 0 amide bonds. The number of nitrogens with zero attached hydrogens (tertiary/aromatic N) is 3. The Kier molecular flexibility index (Phi) is 5.87. The number of aryl methyl sites for hydroxylation is 1. The van der Waals surface area contributed by atoms with Gasteiger partial charge in [-0.2, -0.15) is 5.10 Å². The van der Waals surface area contributed by atoms with Gasteiger partial charge in [-0.1, -0.05) is 0 Å². The van der Waals surface area contributed by atoms with Crippen LogP contribution in [0.15, 0.2) is 14.7 Å². The van der Waals surface area contributed by atoms with Crippen LogP contribution in [0, 0.1) is 6.92 Å². The van der Waals surface area contributed by atoms with E-state index in [0.29, 0.717) is 23.5 Å². The van der Waals surface area contributed by atoms with Crippen molar-refractivity contribution in [3.05, 3.63) is 31.3 Å². The number of nitrogens with one attached hydrogen (secondary N) is 1. The van der Waals surface area contributed by atoms with Gasteiger partial charge < -0.3 is 9.47 Å². The van der Waals surface area contributed by atoms with E-state index in [9.17, 15) is 9.59 Å². The molecule has 0 radical (unpaired) electrons. The molecule has 4 rings (SSSR count). The molecule has 2 fully saturated rings. The lowest BCUT2D eigenvalue weighted by molar-refractivity contribution is -0.0127. The summed E-state index contributed by atoms with van der Waals surface area (Å²) >= 11 is 1.43.